The normalized spacial score (nSPS) is 9.75. The molecule has 2 aromatic rings. The van der Waals surface area contributed by atoms with E-state index in [1.54, 1.807) is 11.3 Å². The quantitative estimate of drug-likeness (QED) is 0.840. The fourth-order valence-corrected chi connectivity index (χ4v) is 2.57. The first-order valence-corrected chi connectivity index (χ1v) is 6.48. The van der Waals surface area contributed by atoms with Gasteiger partial charge in [-0.25, -0.2) is 0 Å². The molecule has 1 aromatic carbocycles. The second-order valence-electron chi connectivity index (χ2n) is 3.34. The van der Waals surface area contributed by atoms with Crippen LogP contribution >= 0.6 is 27.3 Å². The molecule has 3 heteroatoms. The molecule has 0 aliphatic heterocycles. The number of halogens is 1. The number of thiophene rings is 1. The van der Waals surface area contributed by atoms with Crippen molar-refractivity contribution in [1.29, 1.82) is 0 Å². The van der Waals surface area contributed by atoms with E-state index in [4.69, 9.17) is 6.42 Å². The van der Waals surface area contributed by atoms with E-state index in [0.717, 1.165) is 21.6 Å². The molecule has 2 rings (SSSR count). The summed E-state index contributed by atoms with van der Waals surface area (Å²) in [6.07, 6.45) is 5.35. The Morgan fingerprint density at radius 2 is 2.25 bits per heavy atom. The highest BCUT2D eigenvalue weighted by Gasteiger charge is 1.97. The second-order valence-corrected chi connectivity index (χ2v) is 5.63. The molecule has 1 N–H and O–H groups in total. The third kappa shape index (κ3) is 2.88. The zero-order chi connectivity index (χ0) is 11.4. The van der Waals surface area contributed by atoms with Crippen LogP contribution < -0.4 is 5.32 Å². The molecular weight excluding hydrogens is 282 g/mol. The van der Waals surface area contributed by atoms with Crippen molar-refractivity contribution in [3.8, 4) is 12.3 Å². The fraction of sp³-hybridized carbons (Fsp3) is 0.0769. The molecule has 1 heterocycles. The molecule has 0 spiro atoms. The Labute approximate surface area is 108 Å². The van der Waals surface area contributed by atoms with Crippen LogP contribution in [0.1, 0.15) is 11.1 Å². The Morgan fingerprint density at radius 3 is 2.94 bits per heavy atom. The van der Waals surface area contributed by atoms with Gasteiger partial charge in [-0.15, -0.1) is 17.8 Å². The van der Waals surface area contributed by atoms with Crippen molar-refractivity contribution in [1.82, 2.24) is 0 Å². The van der Waals surface area contributed by atoms with Gasteiger partial charge in [-0.1, -0.05) is 12.0 Å². The topological polar surface area (TPSA) is 12.0 Å². The van der Waals surface area contributed by atoms with Crippen LogP contribution in [0, 0.1) is 12.3 Å². The fourth-order valence-electron chi connectivity index (χ4n) is 1.36. The Morgan fingerprint density at radius 1 is 1.38 bits per heavy atom. The molecule has 0 bridgehead atoms. The summed E-state index contributed by atoms with van der Waals surface area (Å²) in [7, 11) is 0. The van der Waals surface area contributed by atoms with Gasteiger partial charge in [0.05, 0.1) is 3.79 Å². The lowest BCUT2D eigenvalue weighted by Crippen LogP contribution is -1.97. The van der Waals surface area contributed by atoms with Gasteiger partial charge in [0.2, 0.25) is 0 Å². The lowest BCUT2D eigenvalue weighted by molar-refractivity contribution is 1.16. The van der Waals surface area contributed by atoms with Gasteiger partial charge in [0, 0.05) is 17.8 Å². The van der Waals surface area contributed by atoms with Gasteiger partial charge in [-0.3, -0.25) is 0 Å². The van der Waals surface area contributed by atoms with E-state index in [1.165, 1.54) is 5.56 Å². The standard InChI is InChI=1S/C13H10BrNS/c1-2-10-4-3-5-12(6-10)15-8-11-7-13(14)16-9-11/h1,3-7,9,15H,8H2. The molecule has 0 radical (unpaired) electrons. The summed E-state index contributed by atoms with van der Waals surface area (Å²) >= 11 is 5.14. The van der Waals surface area contributed by atoms with Crippen LogP contribution in [0.2, 0.25) is 0 Å². The molecular formula is C13H10BrNS. The number of benzene rings is 1. The molecule has 0 fully saturated rings. The molecule has 0 amide bonds. The van der Waals surface area contributed by atoms with Gasteiger partial charge in [0.1, 0.15) is 0 Å². The van der Waals surface area contributed by atoms with E-state index < -0.39 is 0 Å². The predicted molar refractivity (Wildman–Crippen MR) is 73.7 cm³/mol. The van der Waals surface area contributed by atoms with Crippen LogP contribution in [0.15, 0.2) is 39.5 Å². The first-order valence-electron chi connectivity index (χ1n) is 4.81. The van der Waals surface area contributed by atoms with Crippen LogP contribution in [-0.2, 0) is 6.54 Å². The molecule has 1 nitrogen and oxygen atoms in total. The van der Waals surface area contributed by atoms with Crippen LogP contribution in [-0.4, -0.2) is 0 Å². The summed E-state index contributed by atoms with van der Waals surface area (Å²) < 4.78 is 1.15. The van der Waals surface area contributed by atoms with Gasteiger partial charge in [-0.05, 0) is 51.1 Å². The first-order chi connectivity index (χ1) is 7.78. The molecule has 0 atom stereocenters. The summed E-state index contributed by atoms with van der Waals surface area (Å²) in [4.78, 5) is 0. The summed E-state index contributed by atoms with van der Waals surface area (Å²) in [6, 6.07) is 9.99. The Kier molecular flexibility index (Phi) is 3.66. The number of nitrogens with one attached hydrogen (secondary N) is 1. The Bertz CT molecular complexity index is 525. The number of hydrogen-bond donors (Lipinski definition) is 1. The molecule has 16 heavy (non-hydrogen) atoms. The van der Waals surface area contributed by atoms with Gasteiger partial charge >= 0.3 is 0 Å². The largest absolute Gasteiger partial charge is 0.381 e. The lowest BCUT2D eigenvalue weighted by atomic mass is 10.2. The van der Waals surface area contributed by atoms with E-state index in [2.05, 4.69) is 38.6 Å². The highest BCUT2D eigenvalue weighted by Crippen LogP contribution is 2.21. The zero-order valence-corrected chi connectivity index (χ0v) is 10.9. The summed E-state index contributed by atoms with van der Waals surface area (Å²) in [6.45, 7) is 0.816. The number of terminal acetylenes is 1. The van der Waals surface area contributed by atoms with Gasteiger partial charge in [0.15, 0.2) is 0 Å². The third-order valence-electron chi connectivity index (χ3n) is 2.15. The van der Waals surface area contributed by atoms with E-state index in [1.807, 2.05) is 24.3 Å². The SMILES string of the molecule is C#Cc1cccc(NCc2csc(Br)c2)c1. The highest BCUT2D eigenvalue weighted by molar-refractivity contribution is 9.11. The van der Waals surface area contributed by atoms with Crippen LogP contribution in [0.4, 0.5) is 5.69 Å². The summed E-state index contributed by atoms with van der Waals surface area (Å²) in [5.74, 6) is 2.62. The molecule has 0 aliphatic carbocycles. The Hall–Kier alpha value is -1.24. The van der Waals surface area contributed by atoms with E-state index in [-0.39, 0.29) is 0 Å². The minimum Gasteiger partial charge on any atom is -0.381 e. The molecule has 0 aliphatic rings. The number of hydrogen-bond acceptors (Lipinski definition) is 2. The minimum atomic E-state index is 0.816. The van der Waals surface area contributed by atoms with E-state index in [0.29, 0.717) is 0 Å². The second kappa shape index (κ2) is 5.20. The molecule has 1 aromatic heterocycles. The number of anilines is 1. The maximum atomic E-state index is 5.35. The smallest absolute Gasteiger partial charge is 0.0701 e. The van der Waals surface area contributed by atoms with Crippen molar-refractivity contribution < 1.29 is 0 Å². The van der Waals surface area contributed by atoms with Gasteiger partial charge < -0.3 is 5.32 Å². The zero-order valence-electron chi connectivity index (χ0n) is 8.53. The third-order valence-corrected chi connectivity index (χ3v) is 3.70. The van der Waals surface area contributed by atoms with E-state index in [9.17, 15) is 0 Å². The summed E-state index contributed by atoms with van der Waals surface area (Å²) in [5, 5.41) is 5.47. The average molecular weight is 292 g/mol. The number of rotatable bonds is 3. The van der Waals surface area contributed by atoms with Crippen molar-refractivity contribution >= 4 is 33.0 Å². The van der Waals surface area contributed by atoms with Gasteiger partial charge in [-0.2, -0.15) is 0 Å². The predicted octanol–water partition coefficient (Wildman–Crippen LogP) is 4.10. The van der Waals surface area contributed by atoms with Crippen LogP contribution in [0.5, 0.6) is 0 Å². The molecule has 80 valence electrons. The monoisotopic (exact) mass is 291 g/mol. The van der Waals surface area contributed by atoms with E-state index >= 15 is 0 Å². The van der Waals surface area contributed by atoms with Crippen molar-refractivity contribution in [2.45, 2.75) is 6.54 Å². The van der Waals surface area contributed by atoms with Crippen LogP contribution in [0.3, 0.4) is 0 Å². The first kappa shape index (κ1) is 11.3. The molecule has 0 unspecified atom stereocenters. The Balaban J connectivity index is 2.02. The highest BCUT2D eigenvalue weighted by atomic mass is 79.9. The maximum Gasteiger partial charge on any atom is 0.0701 e. The lowest BCUT2D eigenvalue weighted by Gasteiger charge is -2.04. The molecule has 0 saturated carbocycles. The maximum absolute atomic E-state index is 5.35. The van der Waals surface area contributed by atoms with Crippen molar-refractivity contribution in [2.24, 2.45) is 0 Å². The van der Waals surface area contributed by atoms with Crippen molar-refractivity contribution in [2.75, 3.05) is 5.32 Å². The molecule has 0 saturated heterocycles. The van der Waals surface area contributed by atoms with Gasteiger partial charge in [0.25, 0.3) is 0 Å². The minimum absolute atomic E-state index is 0.816. The van der Waals surface area contributed by atoms with Crippen LogP contribution in [0.25, 0.3) is 0 Å². The average Bonchev–Trinajstić information content (AvgIpc) is 2.73. The van der Waals surface area contributed by atoms with Crippen molar-refractivity contribution in [3.05, 3.63) is 50.6 Å². The summed E-state index contributed by atoms with van der Waals surface area (Å²) in [5.41, 5.74) is 3.22. The van der Waals surface area contributed by atoms with Crippen molar-refractivity contribution in [3.63, 3.8) is 0 Å².